The maximum Gasteiger partial charge on any atom is 0.503 e. The minimum atomic E-state index is -1.83. The van der Waals surface area contributed by atoms with Crippen molar-refractivity contribution in [3.05, 3.63) is 0 Å². The van der Waals surface area contributed by atoms with E-state index in [-0.39, 0.29) is 6.10 Å². The molecule has 4 heteroatoms. The average Bonchev–Trinajstić information content (AvgIpc) is 2.05. The molecule has 3 N–H and O–H groups in total. The molecule has 1 aliphatic carbocycles. The largest absolute Gasteiger partial charge is 0.503 e. The van der Waals surface area contributed by atoms with Gasteiger partial charge in [0.2, 0.25) is 0 Å². The van der Waals surface area contributed by atoms with E-state index in [4.69, 9.17) is 20.1 Å². The molecule has 0 saturated heterocycles. The Labute approximate surface area is 78.2 Å². The lowest BCUT2D eigenvalue weighted by molar-refractivity contribution is 0.108. The van der Waals surface area contributed by atoms with E-state index in [9.17, 15) is 0 Å². The third-order valence-corrected chi connectivity index (χ3v) is 2.39. The molecule has 1 fully saturated rings. The zero-order valence-corrected chi connectivity index (χ0v) is 7.94. The Bertz CT molecular complexity index is 135. The minimum Gasteiger partial charge on any atom is -0.450 e. The van der Waals surface area contributed by atoms with Crippen molar-refractivity contribution in [2.45, 2.75) is 45.1 Å². The Balaban J connectivity index is 0.000000310. The van der Waals surface area contributed by atoms with Gasteiger partial charge in [-0.3, -0.25) is 0 Å². The summed E-state index contributed by atoms with van der Waals surface area (Å²) in [6.07, 6.45) is 4.06. The molecule has 1 rings (SSSR count). The number of hydrogen-bond donors (Lipinski definition) is 3. The first-order valence-corrected chi connectivity index (χ1v) is 4.66. The van der Waals surface area contributed by atoms with Crippen molar-refractivity contribution >= 4 is 6.16 Å². The Morgan fingerprint density at radius 1 is 1.23 bits per heavy atom. The van der Waals surface area contributed by atoms with Crippen LogP contribution in [0, 0.1) is 5.92 Å². The van der Waals surface area contributed by atoms with Crippen LogP contribution in [0.2, 0.25) is 0 Å². The predicted octanol–water partition coefficient (Wildman–Crippen LogP) is 2.17. The molecule has 0 radical (unpaired) electrons. The zero-order chi connectivity index (χ0) is 10.3. The van der Waals surface area contributed by atoms with Gasteiger partial charge in [-0.15, -0.1) is 0 Å². The number of aliphatic hydroxyl groups excluding tert-OH is 1. The summed E-state index contributed by atoms with van der Waals surface area (Å²) in [7, 11) is 0. The summed E-state index contributed by atoms with van der Waals surface area (Å²) in [5.41, 5.74) is 0. The number of hydrogen-bond acceptors (Lipinski definition) is 2. The fourth-order valence-electron chi connectivity index (χ4n) is 1.55. The molecule has 4 nitrogen and oxygen atoms in total. The van der Waals surface area contributed by atoms with E-state index in [1.807, 2.05) is 0 Å². The highest BCUT2D eigenvalue weighted by Gasteiger charge is 2.16. The van der Waals surface area contributed by atoms with E-state index in [1.165, 1.54) is 19.3 Å². The van der Waals surface area contributed by atoms with Gasteiger partial charge in [0.25, 0.3) is 0 Å². The van der Waals surface area contributed by atoms with Crippen LogP contribution in [-0.2, 0) is 0 Å². The molecule has 1 saturated carbocycles. The van der Waals surface area contributed by atoms with E-state index in [0.29, 0.717) is 0 Å². The fraction of sp³-hybridized carbons (Fsp3) is 0.889. The second-order valence-corrected chi connectivity index (χ2v) is 3.37. The summed E-state index contributed by atoms with van der Waals surface area (Å²) in [5.74, 6) is 0.911. The number of aliphatic hydroxyl groups is 1. The van der Waals surface area contributed by atoms with Crippen molar-refractivity contribution in [2.75, 3.05) is 0 Å². The molecule has 0 aromatic carbocycles. The fourth-order valence-corrected chi connectivity index (χ4v) is 1.55. The van der Waals surface area contributed by atoms with Crippen LogP contribution in [0.5, 0.6) is 0 Å². The van der Waals surface area contributed by atoms with Crippen LogP contribution in [0.3, 0.4) is 0 Å². The lowest BCUT2D eigenvalue weighted by atomic mass is 9.86. The molecule has 0 aromatic heterocycles. The lowest BCUT2D eigenvalue weighted by Crippen LogP contribution is -2.17. The zero-order valence-electron chi connectivity index (χ0n) is 7.94. The van der Waals surface area contributed by atoms with Gasteiger partial charge in [0.15, 0.2) is 0 Å². The van der Waals surface area contributed by atoms with Gasteiger partial charge >= 0.3 is 6.16 Å². The molecular weight excluding hydrogens is 172 g/mol. The van der Waals surface area contributed by atoms with Gasteiger partial charge in [0.1, 0.15) is 0 Å². The van der Waals surface area contributed by atoms with Gasteiger partial charge in [0.05, 0.1) is 6.10 Å². The smallest absolute Gasteiger partial charge is 0.450 e. The summed E-state index contributed by atoms with van der Waals surface area (Å²) in [4.78, 5) is 8.56. The lowest BCUT2D eigenvalue weighted by Gasteiger charge is -2.23. The molecule has 0 spiro atoms. The summed E-state index contributed by atoms with van der Waals surface area (Å²) in [5, 5.41) is 23.1. The molecule has 0 unspecified atom stereocenters. The molecule has 78 valence electrons. The molecule has 0 bridgehead atoms. The van der Waals surface area contributed by atoms with Crippen LogP contribution in [0.25, 0.3) is 0 Å². The normalized spacial score (nSPS) is 27.2. The maximum atomic E-state index is 9.12. The first kappa shape index (κ1) is 12.2. The van der Waals surface area contributed by atoms with Gasteiger partial charge in [-0.1, -0.05) is 13.3 Å². The number of rotatable bonds is 1. The third kappa shape index (κ3) is 7.59. The van der Waals surface area contributed by atoms with E-state index in [0.717, 1.165) is 18.8 Å². The monoisotopic (exact) mass is 190 g/mol. The molecular formula is C9H18O4. The third-order valence-electron chi connectivity index (χ3n) is 2.39. The van der Waals surface area contributed by atoms with Crippen LogP contribution < -0.4 is 0 Å². The van der Waals surface area contributed by atoms with Gasteiger partial charge in [-0.2, -0.15) is 0 Å². The predicted molar refractivity (Wildman–Crippen MR) is 48.9 cm³/mol. The van der Waals surface area contributed by atoms with Gasteiger partial charge in [-0.05, 0) is 31.6 Å². The summed E-state index contributed by atoms with van der Waals surface area (Å²) in [6.45, 7) is 2.24. The van der Waals surface area contributed by atoms with Crippen molar-refractivity contribution in [3.63, 3.8) is 0 Å². The highest BCUT2D eigenvalue weighted by Crippen LogP contribution is 2.25. The van der Waals surface area contributed by atoms with Crippen molar-refractivity contribution in [2.24, 2.45) is 5.92 Å². The maximum absolute atomic E-state index is 9.12. The Kier molecular flexibility index (Phi) is 6.32. The highest BCUT2D eigenvalue weighted by atomic mass is 16.6. The minimum absolute atomic E-state index is 0.0211. The second-order valence-electron chi connectivity index (χ2n) is 3.37. The topological polar surface area (TPSA) is 77.8 Å². The standard InChI is InChI=1S/C8H16O.CH2O3/c1-2-7-3-5-8(9)6-4-7;2-1(3)4/h7-9H,2-6H2,1H3;(H2,2,3,4). The molecule has 0 aliphatic heterocycles. The van der Waals surface area contributed by atoms with Crippen molar-refractivity contribution < 1.29 is 20.1 Å². The van der Waals surface area contributed by atoms with E-state index >= 15 is 0 Å². The van der Waals surface area contributed by atoms with E-state index in [2.05, 4.69) is 6.92 Å². The number of carbonyl (C=O) groups is 1. The molecule has 1 aliphatic rings. The van der Waals surface area contributed by atoms with Crippen molar-refractivity contribution in [3.8, 4) is 0 Å². The van der Waals surface area contributed by atoms with E-state index in [1.54, 1.807) is 0 Å². The van der Waals surface area contributed by atoms with Crippen LogP contribution >= 0.6 is 0 Å². The molecule has 0 aromatic rings. The molecule has 0 atom stereocenters. The van der Waals surface area contributed by atoms with Gasteiger partial charge in [0, 0.05) is 0 Å². The summed E-state index contributed by atoms with van der Waals surface area (Å²) in [6, 6.07) is 0. The Morgan fingerprint density at radius 3 is 1.92 bits per heavy atom. The van der Waals surface area contributed by atoms with Gasteiger partial charge in [-0.25, -0.2) is 4.79 Å². The SMILES string of the molecule is CCC1CCC(O)CC1.O=C(O)O. The Hall–Kier alpha value is -0.770. The first-order valence-electron chi connectivity index (χ1n) is 4.66. The van der Waals surface area contributed by atoms with Crippen molar-refractivity contribution in [1.29, 1.82) is 0 Å². The first-order chi connectivity index (χ1) is 6.06. The average molecular weight is 190 g/mol. The summed E-state index contributed by atoms with van der Waals surface area (Å²) < 4.78 is 0. The van der Waals surface area contributed by atoms with Gasteiger partial charge < -0.3 is 15.3 Å². The van der Waals surface area contributed by atoms with Crippen LogP contribution in [0.4, 0.5) is 4.79 Å². The highest BCUT2D eigenvalue weighted by molar-refractivity contribution is 5.53. The van der Waals surface area contributed by atoms with Crippen LogP contribution in [-0.4, -0.2) is 27.6 Å². The van der Waals surface area contributed by atoms with Crippen LogP contribution in [0.1, 0.15) is 39.0 Å². The summed E-state index contributed by atoms with van der Waals surface area (Å²) >= 11 is 0. The van der Waals surface area contributed by atoms with Crippen molar-refractivity contribution in [1.82, 2.24) is 0 Å². The van der Waals surface area contributed by atoms with Crippen LogP contribution in [0.15, 0.2) is 0 Å². The number of carboxylic acid groups (broad SMARTS) is 2. The molecule has 0 heterocycles. The Morgan fingerprint density at radius 2 is 1.62 bits per heavy atom. The molecule has 0 amide bonds. The molecule has 13 heavy (non-hydrogen) atoms. The quantitative estimate of drug-likeness (QED) is 0.592. The second kappa shape index (κ2) is 6.71. The van der Waals surface area contributed by atoms with E-state index < -0.39 is 6.16 Å².